The van der Waals surface area contributed by atoms with Crippen molar-refractivity contribution in [2.75, 3.05) is 11.9 Å². The molecule has 1 amide bonds. The highest BCUT2D eigenvalue weighted by Crippen LogP contribution is 2.34. The number of rotatable bonds is 5. The number of carbonyl (C=O) groups excluding carboxylic acids is 1. The summed E-state index contributed by atoms with van der Waals surface area (Å²) >= 11 is 0. The van der Waals surface area contributed by atoms with E-state index in [9.17, 15) is 4.79 Å². The van der Waals surface area contributed by atoms with Crippen LogP contribution in [0.1, 0.15) is 39.3 Å². The van der Waals surface area contributed by atoms with E-state index >= 15 is 0 Å². The van der Waals surface area contributed by atoms with Crippen LogP contribution in [0.2, 0.25) is 0 Å². The Morgan fingerprint density at radius 2 is 1.97 bits per heavy atom. The van der Waals surface area contributed by atoms with Crippen LogP contribution in [-0.2, 0) is 19.5 Å². The standard InChI is InChI=1S/C25H26N6O/c1-15-21(18-9-5-10-19(23(26)32)22(18)29-15)25-30-20-14-27-12-6-11-17(20)24(31-25)28-13-16-7-3-2-4-8-16/h2-5,7-10,27,29H,6,11-14H2,1H3,(H2,26,32)(H,28,30,31). The molecule has 5 rings (SSSR count). The van der Waals surface area contributed by atoms with Gasteiger partial charge in [0.05, 0.1) is 16.8 Å². The number of benzene rings is 2. The van der Waals surface area contributed by atoms with Gasteiger partial charge in [-0.25, -0.2) is 9.97 Å². The minimum atomic E-state index is -0.458. The molecule has 1 aliphatic heterocycles. The lowest BCUT2D eigenvalue weighted by Gasteiger charge is -2.15. The molecule has 0 saturated heterocycles. The molecule has 2 aromatic heterocycles. The molecule has 7 nitrogen and oxygen atoms in total. The second kappa shape index (κ2) is 8.43. The number of hydrogen-bond donors (Lipinski definition) is 4. The summed E-state index contributed by atoms with van der Waals surface area (Å²) in [6.45, 7) is 4.33. The average molecular weight is 427 g/mol. The molecule has 162 valence electrons. The third kappa shape index (κ3) is 3.71. The van der Waals surface area contributed by atoms with Gasteiger partial charge in [-0.1, -0.05) is 42.5 Å². The molecular weight excluding hydrogens is 400 g/mol. The summed E-state index contributed by atoms with van der Waals surface area (Å²) in [4.78, 5) is 25.2. The Balaban J connectivity index is 1.63. The molecule has 5 N–H and O–H groups in total. The molecule has 4 aromatic rings. The smallest absolute Gasteiger partial charge is 0.250 e. The number of carbonyl (C=O) groups is 1. The number of nitrogens with zero attached hydrogens (tertiary/aromatic N) is 2. The fraction of sp³-hybridized carbons (Fsp3) is 0.240. The summed E-state index contributed by atoms with van der Waals surface area (Å²) in [5, 5.41) is 7.92. The molecule has 7 heteroatoms. The van der Waals surface area contributed by atoms with E-state index in [-0.39, 0.29) is 0 Å². The lowest BCUT2D eigenvalue weighted by Crippen LogP contribution is -2.14. The minimum Gasteiger partial charge on any atom is -0.366 e. The van der Waals surface area contributed by atoms with Crippen LogP contribution in [0.5, 0.6) is 0 Å². The molecule has 3 heterocycles. The Hall–Kier alpha value is -3.71. The van der Waals surface area contributed by atoms with E-state index in [1.807, 2.05) is 37.3 Å². The van der Waals surface area contributed by atoms with Crippen LogP contribution in [0.4, 0.5) is 5.82 Å². The van der Waals surface area contributed by atoms with Crippen molar-refractivity contribution in [2.24, 2.45) is 5.73 Å². The largest absolute Gasteiger partial charge is 0.366 e. The first kappa shape index (κ1) is 20.2. The zero-order chi connectivity index (χ0) is 22.1. The number of aryl methyl sites for hydroxylation is 1. The molecule has 32 heavy (non-hydrogen) atoms. The molecule has 0 fully saturated rings. The number of amides is 1. The third-order valence-electron chi connectivity index (χ3n) is 5.98. The van der Waals surface area contributed by atoms with Crippen molar-refractivity contribution in [3.63, 3.8) is 0 Å². The molecule has 0 aliphatic carbocycles. The number of aromatic amines is 1. The minimum absolute atomic E-state index is 0.458. The van der Waals surface area contributed by atoms with E-state index in [1.165, 1.54) is 11.1 Å². The van der Waals surface area contributed by atoms with Gasteiger partial charge in [-0.3, -0.25) is 4.79 Å². The highest BCUT2D eigenvalue weighted by Gasteiger charge is 2.21. The lowest BCUT2D eigenvalue weighted by atomic mass is 10.1. The van der Waals surface area contributed by atoms with Crippen LogP contribution in [0, 0.1) is 6.92 Å². The van der Waals surface area contributed by atoms with Gasteiger partial charge in [-0.05, 0) is 37.9 Å². The average Bonchev–Trinajstić information content (AvgIpc) is 2.96. The number of fused-ring (bicyclic) bond motifs is 2. The lowest BCUT2D eigenvalue weighted by molar-refractivity contribution is 0.100. The van der Waals surface area contributed by atoms with Crippen molar-refractivity contribution in [1.82, 2.24) is 20.3 Å². The van der Waals surface area contributed by atoms with Gasteiger partial charge in [0.2, 0.25) is 0 Å². The van der Waals surface area contributed by atoms with E-state index in [0.717, 1.165) is 53.1 Å². The Morgan fingerprint density at radius 1 is 1.12 bits per heavy atom. The molecule has 0 bridgehead atoms. The Morgan fingerprint density at radius 3 is 2.78 bits per heavy atom. The van der Waals surface area contributed by atoms with Gasteiger partial charge in [-0.2, -0.15) is 0 Å². The maximum atomic E-state index is 11.9. The van der Waals surface area contributed by atoms with Crippen LogP contribution in [0.3, 0.4) is 0 Å². The van der Waals surface area contributed by atoms with E-state index in [0.29, 0.717) is 24.5 Å². The highest BCUT2D eigenvalue weighted by atomic mass is 16.1. The van der Waals surface area contributed by atoms with Gasteiger partial charge in [0.25, 0.3) is 5.91 Å². The highest BCUT2D eigenvalue weighted by molar-refractivity contribution is 6.09. The van der Waals surface area contributed by atoms with Gasteiger partial charge in [0.15, 0.2) is 5.82 Å². The van der Waals surface area contributed by atoms with Gasteiger partial charge in [-0.15, -0.1) is 0 Å². The van der Waals surface area contributed by atoms with Crippen LogP contribution >= 0.6 is 0 Å². The second-order valence-electron chi connectivity index (χ2n) is 8.16. The Kier molecular flexibility index (Phi) is 5.33. The summed E-state index contributed by atoms with van der Waals surface area (Å²) in [6, 6.07) is 15.9. The number of nitrogens with two attached hydrogens (primary N) is 1. The van der Waals surface area contributed by atoms with Crippen LogP contribution in [0.15, 0.2) is 48.5 Å². The first-order valence-corrected chi connectivity index (χ1v) is 10.9. The van der Waals surface area contributed by atoms with Gasteiger partial charge < -0.3 is 21.4 Å². The van der Waals surface area contributed by atoms with Crippen LogP contribution in [0.25, 0.3) is 22.3 Å². The zero-order valence-electron chi connectivity index (χ0n) is 18.0. The molecule has 0 unspecified atom stereocenters. The van der Waals surface area contributed by atoms with Crippen molar-refractivity contribution in [1.29, 1.82) is 0 Å². The van der Waals surface area contributed by atoms with Gasteiger partial charge >= 0.3 is 0 Å². The fourth-order valence-electron chi connectivity index (χ4n) is 4.42. The maximum absolute atomic E-state index is 11.9. The van der Waals surface area contributed by atoms with Gasteiger partial charge in [0.1, 0.15) is 5.82 Å². The normalized spacial score (nSPS) is 13.5. The summed E-state index contributed by atoms with van der Waals surface area (Å²) in [6.07, 6.45) is 1.97. The molecule has 0 radical (unpaired) electrons. The molecular formula is C25H26N6O. The molecule has 1 aliphatic rings. The SMILES string of the molecule is Cc1[nH]c2c(C(N)=O)cccc2c1-c1nc2c(c(NCc3ccccc3)n1)CCCNC2. The maximum Gasteiger partial charge on any atom is 0.250 e. The summed E-state index contributed by atoms with van der Waals surface area (Å²) in [5.74, 6) is 1.06. The van der Waals surface area contributed by atoms with Crippen LogP contribution in [-0.4, -0.2) is 27.4 Å². The first-order chi connectivity index (χ1) is 15.6. The number of H-pyrrole nitrogens is 1. The van der Waals surface area contributed by atoms with Crippen molar-refractivity contribution in [3.8, 4) is 11.4 Å². The van der Waals surface area contributed by atoms with Gasteiger partial charge in [0, 0.05) is 35.3 Å². The second-order valence-corrected chi connectivity index (χ2v) is 8.16. The predicted octanol–water partition coefficient (Wildman–Crippen LogP) is 3.68. The Bertz CT molecular complexity index is 1300. The number of anilines is 1. The van der Waals surface area contributed by atoms with E-state index in [4.69, 9.17) is 15.7 Å². The van der Waals surface area contributed by atoms with Crippen molar-refractivity contribution in [2.45, 2.75) is 32.9 Å². The van der Waals surface area contributed by atoms with Crippen molar-refractivity contribution >= 4 is 22.6 Å². The first-order valence-electron chi connectivity index (χ1n) is 10.9. The summed E-state index contributed by atoms with van der Waals surface area (Å²) < 4.78 is 0. The molecule has 0 atom stereocenters. The molecule has 0 spiro atoms. The number of para-hydroxylation sites is 1. The molecule has 0 saturated carbocycles. The molecule has 2 aromatic carbocycles. The van der Waals surface area contributed by atoms with Crippen LogP contribution < -0.4 is 16.4 Å². The summed E-state index contributed by atoms with van der Waals surface area (Å²) in [7, 11) is 0. The van der Waals surface area contributed by atoms with E-state index < -0.39 is 5.91 Å². The zero-order valence-corrected chi connectivity index (χ0v) is 18.0. The topological polar surface area (TPSA) is 109 Å². The predicted molar refractivity (Wildman–Crippen MR) is 126 cm³/mol. The number of aromatic nitrogens is 3. The Labute approximate surface area is 186 Å². The van der Waals surface area contributed by atoms with E-state index in [1.54, 1.807) is 6.07 Å². The monoisotopic (exact) mass is 426 g/mol. The number of nitrogens with one attached hydrogen (secondary N) is 3. The fourth-order valence-corrected chi connectivity index (χ4v) is 4.42. The third-order valence-corrected chi connectivity index (χ3v) is 5.98. The van der Waals surface area contributed by atoms with E-state index in [2.05, 4.69) is 27.8 Å². The number of primary amides is 1. The summed E-state index contributed by atoms with van der Waals surface area (Å²) in [5.41, 5.74) is 12.0. The number of hydrogen-bond acceptors (Lipinski definition) is 5. The van der Waals surface area contributed by atoms with Crippen molar-refractivity contribution in [3.05, 3.63) is 76.6 Å². The van der Waals surface area contributed by atoms with Crippen molar-refractivity contribution < 1.29 is 4.79 Å². The quantitative estimate of drug-likeness (QED) is 0.389.